The Morgan fingerprint density at radius 3 is 2.13 bits per heavy atom. The molecule has 3 rings (SSSR count). The Hall–Kier alpha value is -3.72. The number of hydrogen-bond donors (Lipinski definition) is 3. The lowest BCUT2D eigenvalue weighted by Crippen LogP contribution is -2.16. The van der Waals surface area contributed by atoms with E-state index in [9.17, 15) is 22.4 Å². The normalized spacial score (nSPS) is 11.1. The highest BCUT2D eigenvalue weighted by molar-refractivity contribution is 7.92. The SMILES string of the molecule is Cc1ccc(S(=O)(=O)Nc2ccc(C(=O)Nc3ccc(F)c(C(N)=O)c3)cc2)cc1C. The molecule has 0 unspecified atom stereocenters. The molecule has 0 aliphatic heterocycles. The molecule has 4 N–H and O–H groups in total. The first kappa shape index (κ1) is 22.0. The minimum absolute atomic E-state index is 0.138. The van der Waals surface area contributed by atoms with Gasteiger partial charge in [-0.2, -0.15) is 0 Å². The van der Waals surface area contributed by atoms with Crippen LogP contribution in [-0.4, -0.2) is 20.2 Å². The first-order chi connectivity index (χ1) is 14.6. The summed E-state index contributed by atoms with van der Waals surface area (Å²) in [6.07, 6.45) is 0. The lowest BCUT2D eigenvalue weighted by Gasteiger charge is -2.11. The van der Waals surface area contributed by atoms with E-state index in [-0.39, 0.29) is 27.4 Å². The average Bonchev–Trinajstić information content (AvgIpc) is 2.71. The van der Waals surface area contributed by atoms with Gasteiger partial charge in [0.05, 0.1) is 10.5 Å². The third-order valence-electron chi connectivity index (χ3n) is 4.68. The fourth-order valence-corrected chi connectivity index (χ4v) is 3.92. The van der Waals surface area contributed by atoms with Crippen LogP contribution >= 0.6 is 0 Å². The molecule has 0 saturated carbocycles. The van der Waals surface area contributed by atoms with Gasteiger partial charge in [-0.25, -0.2) is 12.8 Å². The number of nitrogens with one attached hydrogen (secondary N) is 2. The smallest absolute Gasteiger partial charge is 0.261 e. The number of carbonyl (C=O) groups is 2. The molecule has 0 aliphatic rings. The summed E-state index contributed by atoms with van der Waals surface area (Å²) >= 11 is 0. The number of anilines is 2. The molecular weight excluding hydrogens is 421 g/mol. The molecule has 7 nitrogen and oxygen atoms in total. The number of benzene rings is 3. The van der Waals surface area contributed by atoms with Gasteiger partial charge in [0.15, 0.2) is 0 Å². The first-order valence-electron chi connectivity index (χ1n) is 9.17. The second-order valence-corrected chi connectivity index (χ2v) is 8.62. The minimum Gasteiger partial charge on any atom is -0.366 e. The molecule has 0 atom stereocenters. The van der Waals surface area contributed by atoms with Crippen LogP contribution in [0.1, 0.15) is 31.8 Å². The molecule has 3 aromatic carbocycles. The zero-order valence-corrected chi connectivity index (χ0v) is 17.6. The third kappa shape index (κ3) is 5.07. The number of amides is 2. The molecule has 0 bridgehead atoms. The Morgan fingerprint density at radius 1 is 0.871 bits per heavy atom. The van der Waals surface area contributed by atoms with Gasteiger partial charge in [-0.15, -0.1) is 0 Å². The fourth-order valence-electron chi connectivity index (χ4n) is 2.78. The molecule has 3 aromatic rings. The van der Waals surface area contributed by atoms with Crippen molar-refractivity contribution in [1.82, 2.24) is 0 Å². The van der Waals surface area contributed by atoms with Crippen molar-refractivity contribution in [2.24, 2.45) is 5.73 Å². The van der Waals surface area contributed by atoms with Crippen molar-refractivity contribution in [2.45, 2.75) is 18.7 Å². The van der Waals surface area contributed by atoms with Crippen molar-refractivity contribution in [3.8, 4) is 0 Å². The van der Waals surface area contributed by atoms with Crippen molar-refractivity contribution in [2.75, 3.05) is 10.0 Å². The summed E-state index contributed by atoms with van der Waals surface area (Å²) in [6.45, 7) is 3.72. The highest BCUT2D eigenvalue weighted by Crippen LogP contribution is 2.20. The predicted molar refractivity (Wildman–Crippen MR) is 116 cm³/mol. The van der Waals surface area contributed by atoms with Gasteiger partial charge >= 0.3 is 0 Å². The summed E-state index contributed by atoms with van der Waals surface area (Å²) in [6, 6.07) is 14.1. The summed E-state index contributed by atoms with van der Waals surface area (Å²) in [5, 5.41) is 2.53. The Balaban J connectivity index is 1.74. The molecule has 31 heavy (non-hydrogen) atoms. The van der Waals surface area contributed by atoms with Gasteiger partial charge in [-0.05, 0) is 79.6 Å². The van der Waals surface area contributed by atoms with Gasteiger partial charge in [0.1, 0.15) is 5.82 Å². The fraction of sp³-hybridized carbons (Fsp3) is 0.0909. The number of halogens is 1. The summed E-state index contributed by atoms with van der Waals surface area (Å²) in [7, 11) is -3.78. The van der Waals surface area contributed by atoms with Crippen LogP contribution in [0.3, 0.4) is 0 Å². The maximum absolute atomic E-state index is 13.6. The lowest BCUT2D eigenvalue weighted by atomic mass is 10.1. The van der Waals surface area contributed by atoms with E-state index in [0.29, 0.717) is 0 Å². The zero-order chi connectivity index (χ0) is 22.8. The van der Waals surface area contributed by atoms with E-state index in [1.807, 2.05) is 13.8 Å². The van der Waals surface area contributed by atoms with Crippen LogP contribution in [0.5, 0.6) is 0 Å². The molecule has 0 heterocycles. The van der Waals surface area contributed by atoms with Crippen LogP contribution < -0.4 is 15.8 Å². The number of hydrogen-bond acceptors (Lipinski definition) is 4. The van der Waals surface area contributed by atoms with Crippen LogP contribution in [0.15, 0.2) is 65.6 Å². The summed E-state index contributed by atoms with van der Waals surface area (Å²) in [4.78, 5) is 23.8. The third-order valence-corrected chi connectivity index (χ3v) is 6.06. The quantitative estimate of drug-likeness (QED) is 0.542. The Kier molecular flexibility index (Phi) is 6.07. The number of carbonyl (C=O) groups excluding carboxylic acids is 2. The molecule has 0 aliphatic carbocycles. The van der Waals surface area contributed by atoms with Gasteiger partial charge in [-0.1, -0.05) is 6.07 Å². The largest absolute Gasteiger partial charge is 0.366 e. The number of rotatable bonds is 6. The van der Waals surface area contributed by atoms with Crippen molar-refractivity contribution in [3.63, 3.8) is 0 Å². The number of aryl methyl sites for hydroxylation is 2. The topological polar surface area (TPSA) is 118 Å². The lowest BCUT2D eigenvalue weighted by molar-refractivity contribution is 0.0992. The maximum atomic E-state index is 13.6. The van der Waals surface area contributed by atoms with Crippen LogP contribution in [0.25, 0.3) is 0 Å². The Morgan fingerprint density at radius 2 is 1.52 bits per heavy atom. The maximum Gasteiger partial charge on any atom is 0.261 e. The predicted octanol–water partition coefficient (Wildman–Crippen LogP) is 3.59. The second-order valence-electron chi connectivity index (χ2n) is 6.94. The van der Waals surface area contributed by atoms with E-state index < -0.39 is 27.7 Å². The van der Waals surface area contributed by atoms with Crippen molar-refractivity contribution >= 4 is 33.2 Å². The molecule has 0 radical (unpaired) electrons. The van der Waals surface area contributed by atoms with Crippen molar-refractivity contribution in [1.29, 1.82) is 0 Å². The number of nitrogens with two attached hydrogens (primary N) is 1. The van der Waals surface area contributed by atoms with Crippen LogP contribution in [-0.2, 0) is 10.0 Å². The highest BCUT2D eigenvalue weighted by Gasteiger charge is 2.16. The van der Waals surface area contributed by atoms with E-state index in [4.69, 9.17) is 5.73 Å². The van der Waals surface area contributed by atoms with Crippen LogP contribution in [0.4, 0.5) is 15.8 Å². The summed E-state index contributed by atoms with van der Waals surface area (Å²) < 4.78 is 41.2. The molecular formula is C22H20FN3O4S. The minimum atomic E-state index is -3.78. The van der Waals surface area contributed by atoms with Crippen molar-refractivity contribution in [3.05, 3.63) is 88.7 Å². The van der Waals surface area contributed by atoms with E-state index >= 15 is 0 Å². The second kappa shape index (κ2) is 8.57. The highest BCUT2D eigenvalue weighted by atomic mass is 32.2. The van der Waals surface area contributed by atoms with Gasteiger partial charge in [0, 0.05) is 16.9 Å². The molecule has 0 fully saturated rings. The van der Waals surface area contributed by atoms with E-state index in [1.54, 1.807) is 12.1 Å². The standard InChI is InChI=1S/C22H20FN3O4S/c1-13-3-9-18(11-14(13)2)31(29,30)26-16-6-4-15(5-7-16)22(28)25-17-8-10-20(23)19(12-17)21(24)27/h3-12,26H,1-2H3,(H2,24,27)(H,25,28). The molecule has 0 aromatic heterocycles. The van der Waals surface area contributed by atoms with Gasteiger partial charge in [-0.3, -0.25) is 14.3 Å². The summed E-state index contributed by atoms with van der Waals surface area (Å²) in [5.74, 6) is -2.26. The van der Waals surface area contributed by atoms with Crippen molar-refractivity contribution < 1.29 is 22.4 Å². The molecule has 9 heteroatoms. The number of primary amides is 1. The van der Waals surface area contributed by atoms with E-state index in [2.05, 4.69) is 10.0 Å². The van der Waals surface area contributed by atoms with E-state index in [1.165, 1.54) is 36.4 Å². The molecule has 0 saturated heterocycles. The molecule has 2 amide bonds. The average molecular weight is 441 g/mol. The van der Waals surface area contributed by atoms with Crippen LogP contribution in [0.2, 0.25) is 0 Å². The van der Waals surface area contributed by atoms with Crippen LogP contribution in [0, 0.1) is 19.7 Å². The number of sulfonamides is 1. The Labute approximate surface area is 179 Å². The van der Waals surface area contributed by atoms with Gasteiger partial charge < -0.3 is 11.1 Å². The summed E-state index contributed by atoms with van der Waals surface area (Å²) in [5.41, 5.74) is 7.32. The van der Waals surface area contributed by atoms with Gasteiger partial charge in [0.25, 0.3) is 21.8 Å². The van der Waals surface area contributed by atoms with E-state index in [0.717, 1.165) is 23.3 Å². The zero-order valence-electron chi connectivity index (χ0n) is 16.8. The molecule has 0 spiro atoms. The van der Waals surface area contributed by atoms with Gasteiger partial charge in [0.2, 0.25) is 0 Å². The Bertz CT molecular complexity index is 1270. The molecule has 160 valence electrons. The first-order valence-corrected chi connectivity index (χ1v) is 10.7. The monoisotopic (exact) mass is 441 g/mol.